The second-order valence-electron chi connectivity index (χ2n) is 7.39. The van der Waals surface area contributed by atoms with Crippen LogP contribution in [0.1, 0.15) is 20.9 Å². The predicted octanol–water partition coefficient (Wildman–Crippen LogP) is 3.87. The number of aryl methyl sites for hydroxylation is 1. The Balaban J connectivity index is 0.00000272. The zero-order valence-electron chi connectivity index (χ0n) is 17.7. The van der Waals surface area contributed by atoms with Crippen LogP contribution in [0.15, 0.2) is 42.7 Å². The Labute approximate surface area is 192 Å². The van der Waals surface area contributed by atoms with E-state index in [0.717, 1.165) is 39.9 Å². The van der Waals surface area contributed by atoms with E-state index in [9.17, 15) is 4.79 Å². The molecule has 0 atom stereocenters. The Hall–Kier alpha value is -2.68. The van der Waals surface area contributed by atoms with E-state index in [1.54, 1.807) is 12.4 Å². The second-order valence-corrected chi connectivity index (χ2v) is 8.39. The zero-order chi connectivity index (χ0) is 21.1. The van der Waals surface area contributed by atoms with Crippen molar-refractivity contribution in [2.24, 2.45) is 0 Å². The van der Waals surface area contributed by atoms with Gasteiger partial charge in [-0.1, -0.05) is 6.07 Å². The Kier molecular flexibility index (Phi) is 7.48. The number of carbonyl (C=O) groups excluding carboxylic acids is 1. The highest BCUT2D eigenvalue weighted by Gasteiger charge is 2.23. The number of thiazole rings is 1. The van der Waals surface area contributed by atoms with Crippen molar-refractivity contribution in [1.29, 1.82) is 0 Å². The van der Waals surface area contributed by atoms with Gasteiger partial charge >= 0.3 is 0 Å². The fourth-order valence-electron chi connectivity index (χ4n) is 3.18. The number of likely N-dealkylation sites (N-methyl/N-ethyl adjacent to an activating group) is 1. The SMILES string of the molecule is Cc1nc(-c2cccnc2)sc1C(=O)N(CCN(C)C)Cc1ccc2c(c1)OCO2.Cl. The lowest BCUT2D eigenvalue weighted by Crippen LogP contribution is -2.36. The summed E-state index contributed by atoms with van der Waals surface area (Å²) in [7, 11) is 4.00. The molecule has 3 heterocycles. The van der Waals surface area contributed by atoms with Gasteiger partial charge in [0.25, 0.3) is 5.91 Å². The van der Waals surface area contributed by atoms with Gasteiger partial charge in [-0.2, -0.15) is 0 Å². The number of rotatable bonds is 7. The average molecular weight is 461 g/mol. The van der Waals surface area contributed by atoms with E-state index in [-0.39, 0.29) is 25.1 Å². The molecule has 0 saturated heterocycles. The Morgan fingerprint density at radius 3 is 2.71 bits per heavy atom. The maximum atomic E-state index is 13.5. The lowest BCUT2D eigenvalue weighted by atomic mass is 10.2. The normalized spacial score (nSPS) is 12.0. The molecular weight excluding hydrogens is 436 g/mol. The number of ether oxygens (including phenoxy) is 2. The van der Waals surface area contributed by atoms with E-state index >= 15 is 0 Å². The van der Waals surface area contributed by atoms with Crippen molar-refractivity contribution in [2.75, 3.05) is 34.0 Å². The molecule has 9 heteroatoms. The van der Waals surface area contributed by atoms with E-state index in [1.165, 1.54) is 11.3 Å². The molecule has 1 aliphatic heterocycles. The minimum absolute atomic E-state index is 0. The fraction of sp³-hybridized carbons (Fsp3) is 0.318. The van der Waals surface area contributed by atoms with Gasteiger partial charge in [-0.15, -0.1) is 23.7 Å². The van der Waals surface area contributed by atoms with Crippen LogP contribution in [0.4, 0.5) is 0 Å². The molecule has 164 valence electrons. The standard InChI is InChI=1S/C22H24N4O3S.ClH/c1-15-20(30-21(24-15)17-5-4-8-23-12-17)22(27)26(10-9-25(2)3)13-16-6-7-18-19(11-16)29-14-28-18;/h4-8,11-12H,9-10,13-14H2,1-3H3;1H. The molecule has 0 fully saturated rings. The lowest BCUT2D eigenvalue weighted by molar-refractivity contribution is 0.0735. The van der Waals surface area contributed by atoms with Crippen LogP contribution in [0, 0.1) is 6.92 Å². The number of fused-ring (bicyclic) bond motifs is 1. The van der Waals surface area contributed by atoms with Gasteiger partial charge < -0.3 is 19.3 Å². The number of amides is 1. The van der Waals surface area contributed by atoms with Crippen molar-refractivity contribution in [3.8, 4) is 22.1 Å². The second kappa shape index (κ2) is 10.1. The molecule has 4 rings (SSSR count). The summed E-state index contributed by atoms with van der Waals surface area (Å²) in [6, 6.07) is 9.64. The molecule has 31 heavy (non-hydrogen) atoms. The highest BCUT2D eigenvalue weighted by Crippen LogP contribution is 2.33. The van der Waals surface area contributed by atoms with Gasteiger partial charge in [0.2, 0.25) is 6.79 Å². The Morgan fingerprint density at radius 1 is 1.16 bits per heavy atom. The topological polar surface area (TPSA) is 67.8 Å². The molecular formula is C22H25ClN4O3S. The number of nitrogens with zero attached hydrogens (tertiary/aromatic N) is 4. The van der Waals surface area contributed by atoms with Crippen molar-refractivity contribution in [3.63, 3.8) is 0 Å². The van der Waals surface area contributed by atoms with Crippen molar-refractivity contribution in [1.82, 2.24) is 19.8 Å². The van der Waals surface area contributed by atoms with Crippen LogP contribution in [-0.2, 0) is 6.54 Å². The summed E-state index contributed by atoms with van der Waals surface area (Å²) in [5, 5.41) is 0.805. The van der Waals surface area contributed by atoms with Crippen molar-refractivity contribution in [2.45, 2.75) is 13.5 Å². The Morgan fingerprint density at radius 2 is 1.97 bits per heavy atom. The number of hydrogen-bond donors (Lipinski definition) is 0. The van der Waals surface area contributed by atoms with Gasteiger partial charge in [-0.3, -0.25) is 9.78 Å². The number of pyridine rings is 1. The van der Waals surface area contributed by atoms with Crippen LogP contribution < -0.4 is 9.47 Å². The summed E-state index contributed by atoms with van der Waals surface area (Å²) < 4.78 is 10.9. The quantitative estimate of drug-likeness (QED) is 0.533. The molecule has 0 spiro atoms. The maximum absolute atomic E-state index is 13.5. The van der Waals surface area contributed by atoms with Crippen molar-refractivity contribution >= 4 is 29.7 Å². The van der Waals surface area contributed by atoms with Gasteiger partial charge in [0.1, 0.15) is 9.88 Å². The monoisotopic (exact) mass is 460 g/mol. The first-order valence-electron chi connectivity index (χ1n) is 9.71. The van der Waals surface area contributed by atoms with Gasteiger partial charge in [0, 0.05) is 37.6 Å². The summed E-state index contributed by atoms with van der Waals surface area (Å²) in [5.74, 6) is 1.45. The molecule has 0 N–H and O–H groups in total. The van der Waals surface area contributed by atoms with Crippen LogP contribution in [0.5, 0.6) is 11.5 Å². The van der Waals surface area contributed by atoms with E-state index in [4.69, 9.17) is 9.47 Å². The van der Waals surface area contributed by atoms with E-state index in [0.29, 0.717) is 18.0 Å². The molecule has 2 aromatic heterocycles. The molecule has 3 aromatic rings. The summed E-state index contributed by atoms with van der Waals surface area (Å²) in [6.45, 7) is 3.99. The lowest BCUT2D eigenvalue weighted by Gasteiger charge is -2.24. The summed E-state index contributed by atoms with van der Waals surface area (Å²) in [6.07, 6.45) is 3.49. The van der Waals surface area contributed by atoms with Crippen LogP contribution in [0.25, 0.3) is 10.6 Å². The van der Waals surface area contributed by atoms with Crippen molar-refractivity contribution in [3.05, 3.63) is 58.9 Å². The maximum Gasteiger partial charge on any atom is 0.266 e. The molecule has 0 bridgehead atoms. The van der Waals surface area contributed by atoms with Crippen LogP contribution in [-0.4, -0.2) is 59.7 Å². The van der Waals surface area contributed by atoms with E-state index < -0.39 is 0 Å². The van der Waals surface area contributed by atoms with Crippen LogP contribution >= 0.6 is 23.7 Å². The van der Waals surface area contributed by atoms with Crippen LogP contribution in [0.2, 0.25) is 0 Å². The molecule has 0 saturated carbocycles. The first-order chi connectivity index (χ1) is 14.5. The number of halogens is 1. The molecule has 0 unspecified atom stereocenters. The molecule has 1 aliphatic rings. The minimum Gasteiger partial charge on any atom is -0.454 e. The minimum atomic E-state index is -0.0142. The molecule has 0 aliphatic carbocycles. The number of hydrogen-bond acceptors (Lipinski definition) is 7. The highest BCUT2D eigenvalue weighted by molar-refractivity contribution is 7.17. The number of aromatic nitrogens is 2. The highest BCUT2D eigenvalue weighted by atomic mass is 35.5. The van der Waals surface area contributed by atoms with E-state index in [2.05, 4.69) is 14.9 Å². The number of benzene rings is 1. The van der Waals surface area contributed by atoms with Crippen molar-refractivity contribution < 1.29 is 14.3 Å². The summed E-state index contributed by atoms with van der Waals surface area (Å²) in [5.41, 5.74) is 2.66. The molecule has 7 nitrogen and oxygen atoms in total. The first-order valence-corrected chi connectivity index (χ1v) is 10.5. The summed E-state index contributed by atoms with van der Waals surface area (Å²) in [4.78, 5) is 26.8. The zero-order valence-corrected chi connectivity index (χ0v) is 19.3. The van der Waals surface area contributed by atoms with Gasteiger partial charge in [-0.05, 0) is 50.8 Å². The third-order valence-electron chi connectivity index (χ3n) is 4.81. The third-order valence-corrected chi connectivity index (χ3v) is 6.01. The average Bonchev–Trinajstić information content (AvgIpc) is 3.37. The molecule has 1 amide bonds. The Bertz CT molecular complexity index is 1040. The molecule has 1 aromatic carbocycles. The summed E-state index contributed by atoms with van der Waals surface area (Å²) >= 11 is 1.41. The first kappa shape index (κ1) is 23.0. The fourth-order valence-corrected chi connectivity index (χ4v) is 4.21. The van der Waals surface area contributed by atoms with Gasteiger partial charge in [0.05, 0.1) is 5.69 Å². The van der Waals surface area contributed by atoms with Crippen LogP contribution in [0.3, 0.4) is 0 Å². The third kappa shape index (κ3) is 5.33. The van der Waals surface area contributed by atoms with Gasteiger partial charge in [-0.25, -0.2) is 4.98 Å². The predicted molar refractivity (Wildman–Crippen MR) is 123 cm³/mol. The largest absolute Gasteiger partial charge is 0.454 e. The molecule has 0 radical (unpaired) electrons. The number of carbonyl (C=O) groups is 1. The van der Waals surface area contributed by atoms with Gasteiger partial charge in [0.15, 0.2) is 11.5 Å². The smallest absolute Gasteiger partial charge is 0.266 e. The van der Waals surface area contributed by atoms with E-state index in [1.807, 2.05) is 56.3 Å².